The lowest BCUT2D eigenvalue weighted by molar-refractivity contribution is 0.425. The number of aryl methyl sites for hydroxylation is 1. The maximum Gasteiger partial charge on any atom is 0.124 e. The summed E-state index contributed by atoms with van der Waals surface area (Å²) < 4.78 is 13.9. The maximum atomic E-state index is 13.0. The molecule has 0 heterocycles. The standard InChI is InChI=1S/C16H23BrFN/c1-2-10-19-16(13-6-7-13)5-3-4-12-8-9-14(18)11-15(12)17/h8-9,11,13,16,19H,2-7,10H2,1H3. The lowest BCUT2D eigenvalue weighted by atomic mass is 10.0. The SMILES string of the molecule is CCCNC(CCCc1ccc(F)cc1Br)C1CC1. The molecule has 0 amide bonds. The van der Waals surface area contributed by atoms with Crippen LogP contribution in [0, 0.1) is 11.7 Å². The molecule has 0 aromatic heterocycles. The quantitative estimate of drug-likeness (QED) is 0.730. The van der Waals surface area contributed by atoms with E-state index in [-0.39, 0.29) is 5.82 Å². The Hall–Kier alpha value is -0.410. The van der Waals surface area contributed by atoms with Gasteiger partial charge in [-0.1, -0.05) is 28.9 Å². The molecule has 1 atom stereocenters. The molecule has 0 bridgehead atoms. The molecule has 1 aliphatic carbocycles. The molecule has 1 fully saturated rings. The van der Waals surface area contributed by atoms with Crippen molar-refractivity contribution in [2.75, 3.05) is 6.54 Å². The van der Waals surface area contributed by atoms with Gasteiger partial charge in [0.05, 0.1) is 0 Å². The van der Waals surface area contributed by atoms with Gasteiger partial charge in [0.1, 0.15) is 5.82 Å². The number of nitrogens with one attached hydrogen (secondary N) is 1. The highest BCUT2D eigenvalue weighted by Gasteiger charge is 2.30. The highest BCUT2D eigenvalue weighted by atomic mass is 79.9. The molecule has 19 heavy (non-hydrogen) atoms. The van der Waals surface area contributed by atoms with Crippen LogP contribution in [0.2, 0.25) is 0 Å². The number of hydrogen-bond donors (Lipinski definition) is 1. The minimum absolute atomic E-state index is 0.170. The van der Waals surface area contributed by atoms with E-state index in [0.29, 0.717) is 6.04 Å². The third-order valence-electron chi connectivity index (χ3n) is 3.82. The second-order valence-corrected chi connectivity index (χ2v) is 6.38. The van der Waals surface area contributed by atoms with Crippen LogP contribution in [0.15, 0.2) is 22.7 Å². The van der Waals surface area contributed by atoms with Crippen LogP contribution >= 0.6 is 15.9 Å². The first kappa shape index (κ1) is 15.0. The third kappa shape index (κ3) is 4.88. The summed E-state index contributed by atoms with van der Waals surface area (Å²) in [7, 11) is 0. The number of benzene rings is 1. The fourth-order valence-electron chi connectivity index (χ4n) is 2.57. The van der Waals surface area contributed by atoms with E-state index >= 15 is 0 Å². The molecule has 1 aromatic carbocycles. The van der Waals surface area contributed by atoms with Gasteiger partial charge in [-0.15, -0.1) is 0 Å². The number of hydrogen-bond acceptors (Lipinski definition) is 1. The molecule has 106 valence electrons. The Labute approximate surface area is 124 Å². The van der Waals surface area contributed by atoms with Gasteiger partial charge >= 0.3 is 0 Å². The van der Waals surface area contributed by atoms with Crippen LogP contribution in [-0.2, 0) is 6.42 Å². The van der Waals surface area contributed by atoms with E-state index in [1.807, 2.05) is 6.07 Å². The largest absolute Gasteiger partial charge is 0.314 e. The topological polar surface area (TPSA) is 12.0 Å². The van der Waals surface area contributed by atoms with Crippen molar-refractivity contribution in [3.63, 3.8) is 0 Å². The predicted octanol–water partition coefficient (Wildman–Crippen LogP) is 4.69. The third-order valence-corrected chi connectivity index (χ3v) is 4.56. The molecule has 1 aliphatic rings. The van der Waals surface area contributed by atoms with Crippen molar-refractivity contribution in [2.24, 2.45) is 5.92 Å². The Bertz CT molecular complexity index is 404. The average molecular weight is 328 g/mol. The van der Waals surface area contributed by atoms with Crippen LogP contribution in [-0.4, -0.2) is 12.6 Å². The molecule has 0 spiro atoms. The summed E-state index contributed by atoms with van der Waals surface area (Å²) in [5, 5.41) is 3.67. The minimum Gasteiger partial charge on any atom is -0.314 e. The van der Waals surface area contributed by atoms with Crippen LogP contribution in [0.5, 0.6) is 0 Å². The van der Waals surface area contributed by atoms with Gasteiger partial charge in [0.2, 0.25) is 0 Å². The zero-order valence-electron chi connectivity index (χ0n) is 11.6. The first-order chi connectivity index (χ1) is 9.20. The van der Waals surface area contributed by atoms with E-state index in [2.05, 4.69) is 28.2 Å². The second kappa shape index (κ2) is 7.39. The summed E-state index contributed by atoms with van der Waals surface area (Å²) in [5.41, 5.74) is 1.21. The van der Waals surface area contributed by atoms with E-state index in [4.69, 9.17) is 0 Å². The van der Waals surface area contributed by atoms with Crippen LogP contribution in [0.1, 0.15) is 44.6 Å². The van der Waals surface area contributed by atoms with E-state index < -0.39 is 0 Å². The normalized spacial score (nSPS) is 16.6. The van der Waals surface area contributed by atoms with Gasteiger partial charge in [-0.2, -0.15) is 0 Å². The van der Waals surface area contributed by atoms with Crippen molar-refractivity contribution in [1.82, 2.24) is 5.32 Å². The fourth-order valence-corrected chi connectivity index (χ4v) is 3.12. The zero-order chi connectivity index (χ0) is 13.7. The lowest BCUT2D eigenvalue weighted by Gasteiger charge is -2.18. The van der Waals surface area contributed by atoms with Gasteiger partial charge < -0.3 is 5.32 Å². The maximum absolute atomic E-state index is 13.0. The molecule has 1 aromatic rings. The van der Waals surface area contributed by atoms with Crippen molar-refractivity contribution in [2.45, 2.75) is 51.5 Å². The summed E-state index contributed by atoms with van der Waals surface area (Å²) in [4.78, 5) is 0. The zero-order valence-corrected chi connectivity index (χ0v) is 13.2. The van der Waals surface area contributed by atoms with Crippen LogP contribution in [0.3, 0.4) is 0 Å². The van der Waals surface area contributed by atoms with Gasteiger partial charge in [-0.25, -0.2) is 4.39 Å². The minimum atomic E-state index is -0.170. The Morgan fingerprint density at radius 1 is 1.42 bits per heavy atom. The van der Waals surface area contributed by atoms with Gasteiger partial charge in [0.25, 0.3) is 0 Å². The Morgan fingerprint density at radius 3 is 2.84 bits per heavy atom. The monoisotopic (exact) mass is 327 g/mol. The van der Waals surface area contributed by atoms with Crippen molar-refractivity contribution in [1.29, 1.82) is 0 Å². The Kier molecular flexibility index (Phi) is 5.83. The number of halogens is 2. The van der Waals surface area contributed by atoms with E-state index in [1.165, 1.54) is 37.7 Å². The highest BCUT2D eigenvalue weighted by molar-refractivity contribution is 9.10. The summed E-state index contributed by atoms with van der Waals surface area (Å²) in [5.74, 6) is 0.735. The Balaban J connectivity index is 1.77. The van der Waals surface area contributed by atoms with E-state index in [9.17, 15) is 4.39 Å². The number of rotatable bonds is 8. The second-order valence-electron chi connectivity index (χ2n) is 5.53. The summed E-state index contributed by atoms with van der Waals surface area (Å²) in [6.45, 7) is 3.34. The van der Waals surface area contributed by atoms with Crippen LogP contribution < -0.4 is 5.32 Å². The Morgan fingerprint density at radius 2 is 2.21 bits per heavy atom. The van der Waals surface area contributed by atoms with Crippen molar-refractivity contribution in [3.05, 3.63) is 34.1 Å². The summed E-state index contributed by atoms with van der Waals surface area (Å²) >= 11 is 3.44. The van der Waals surface area contributed by atoms with Gasteiger partial charge in [-0.3, -0.25) is 0 Å². The van der Waals surface area contributed by atoms with E-state index in [0.717, 1.165) is 23.4 Å². The first-order valence-electron chi connectivity index (χ1n) is 7.38. The molecule has 2 rings (SSSR count). The molecular formula is C16H23BrFN. The molecule has 0 saturated heterocycles. The molecule has 3 heteroatoms. The molecule has 1 N–H and O–H groups in total. The summed E-state index contributed by atoms with van der Waals surface area (Å²) in [6.07, 6.45) is 7.41. The van der Waals surface area contributed by atoms with Crippen molar-refractivity contribution < 1.29 is 4.39 Å². The molecule has 1 saturated carbocycles. The molecule has 1 unspecified atom stereocenters. The van der Waals surface area contributed by atoms with Gasteiger partial charge in [0, 0.05) is 10.5 Å². The van der Waals surface area contributed by atoms with Gasteiger partial charge in [-0.05, 0) is 68.7 Å². The smallest absolute Gasteiger partial charge is 0.124 e. The fraction of sp³-hybridized carbons (Fsp3) is 0.625. The molecular weight excluding hydrogens is 305 g/mol. The molecule has 1 nitrogen and oxygen atoms in total. The van der Waals surface area contributed by atoms with Crippen molar-refractivity contribution in [3.8, 4) is 0 Å². The highest BCUT2D eigenvalue weighted by Crippen LogP contribution is 2.34. The lowest BCUT2D eigenvalue weighted by Crippen LogP contribution is -2.31. The van der Waals surface area contributed by atoms with Gasteiger partial charge in [0.15, 0.2) is 0 Å². The van der Waals surface area contributed by atoms with Crippen molar-refractivity contribution >= 4 is 15.9 Å². The van der Waals surface area contributed by atoms with E-state index in [1.54, 1.807) is 12.1 Å². The predicted molar refractivity (Wildman–Crippen MR) is 81.8 cm³/mol. The summed E-state index contributed by atoms with van der Waals surface area (Å²) in [6, 6.07) is 5.70. The van der Waals surface area contributed by atoms with Crippen LogP contribution in [0.4, 0.5) is 4.39 Å². The molecule has 0 radical (unpaired) electrons. The average Bonchev–Trinajstić information content (AvgIpc) is 3.20. The van der Waals surface area contributed by atoms with Crippen LogP contribution in [0.25, 0.3) is 0 Å². The first-order valence-corrected chi connectivity index (χ1v) is 8.17. The molecule has 0 aliphatic heterocycles.